The maximum atomic E-state index is 11.9. The van der Waals surface area contributed by atoms with Crippen molar-refractivity contribution in [1.29, 1.82) is 0 Å². The summed E-state index contributed by atoms with van der Waals surface area (Å²) in [4.78, 5) is 34.3. The van der Waals surface area contributed by atoms with E-state index in [1.807, 2.05) is 0 Å². The zero-order valence-corrected chi connectivity index (χ0v) is 10.1. The molecule has 0 amide bonds. The summed E-state index contributed by atoms with van der Waals surface area (Å²) in [5.74, 6) is -2.62. The van der Waals surface area contributed by atoms with E-state index in [1.54, 1.807) is 0 Å². The largest absolute Gasteiger partial charge is 0.492 e. The van der Waals surface area contributed by atoms with Gasteiger partial charge in [-0.1, -0.05) is 0 Å². The Hall–Kier alpha value is -2.37. The molecule has 0 aromatic carbocycles. The summed E-state index contributed by atoms with van der Waals surface area (Å²) in [6.07, 6.45) is 1.81. The molecule has 6 nitrogen and oxygen atoms in total. The van der Waals surface area contributed by atoms with E-state index in [4.69, 9.17) is 14.6 Å². The highest BCUT2D eigenvalue weighted by molar-refractivity contribution is 6.24. The fourth-order valence-corrected chi connectivity index (χ4v) is 1.56. The lowest BCUT2D eigenvalue weighted by Crippen LogP contribution is -2.24. The van der Waals surface area contributed by atoms with Gasteiger partial charge in [0.2, 0.25) is 0 Å². The summed E-state index contributed by atoms with van der Waals surface area (Å²) in [6, 6.07) is 0. The Kier molecular flexibility index (Phi) is 4.04. The van der Waals surface area contributed by atoms with E-state index in [9.17, 15) is 14.4 Å². The molecule has 0 fully saturated rings. The van der Waals surface area contributed by atoms with Crippen LogP contribution in [-0.4, -0.2) is 36.9 Å². The lowest BCUT2D eigenvalue weighted by atomic mass is 9.93. The van der Waals surface area contributed by atoms with Gasteiger partial charge in [0, 0.05) is 11.6 Å². The van der Waals surface area contributed by atoms with Gasteiger partial charge in [-0.25, -0.2) is 4.79 Å². The molecule has 1 N–H and O–H groups in total. The van der Waals surface area contributed by atoms with Crippen LogP contribution in [0.2, 0.25) is 0 Å². The number of carbonyl (C=O) groups is 3. The summed E-state index contributed by atoms with van der Waals surface area (Å²) in [7, 11) is 2.50. The first-order valence-electron chi connectivity index (χ1n) is 4.97. The van der Waals surface area contributed by atoms with Gasteiger partial charge in [0.1, 0.15) is 0 Å². The van der Waals surface area contributed by atoms with E-state index in [0.717, 1.165) is 12.2 Å². The van der Waals surface area contributed by atoms with Crippen LogP contribution in [-0.2, 0) is 23.9 Å². The lowest BCUT2D eigenvalue weighted by Gasteiger charge is -2.18. The van der Waals surface area contributed by atoms with Crippen molar-refractivity contribution in [1.82, 2.24) is 0 Å². The average Bonchev–Trinajstić information content (AvgIpc) is 2.32. The number of carboxylic acid groups (broad SMARTS) is 1. The number of carboxylic acids is 1. The Morgan fingerprint density at radius 2 is 1.67 bits per heavy atom. The molecule has 0 spiro atoms. The SMILES string of the molecule is COC1=C(C)C(=O)C(/C=C/C(=O)O)=C(OC)C1=O. The van der Waals surface area contributed by atoms with E-state index in [-0.39, 0.29) is 22.7 Å². The molecule has 0 atom stereocenters. The maximum Gasteiger partial charge on any atom is 0.328 e. The van der Waals surface area contributed by atoms with Crippen molar-refractivity contribution in [3.63, 3.8) is 0 Å². The van der Waals surface area contributed by atoms with Crippen LogP contribution in [0.25, 0.3) is 0 Å². The highest BCUT2D eigenvalue weighted by atomic mass is 16.5. The average molecular weight is 252 g/mol. The van der Waals surface area contributed by atoms with Gasteiger partial charge in [-0.3, -0.25) is 9.59 Å². The van der Waals surface area contributed by atoms with Crippen molar-refractivity contribution in [2.45, 2.75) is 6.92 Å². The van der Waals surface area contributed by atoms with Crippen LogP contribution in [0.15, 0.2) is 34.8 Å². The van der Waals surface area contributed by atoms with Crippen molar-refractivity contribution in [2.24, 2.45) is 0 Å². The van der Waals surface area contributed by atoms with Crippen LogP contribution in [0.1, 0.15) is 6.92 Å². The van der Waals surface area contributed by atoms with Gasteiger partial charge >= 0.3 is 5.97 Å². The summed E-state index contributed by atoms with van der Waals surface area (Å²) >= 11 is 0. The first-order valence-corrected chi connectivity index (χ1v) is 4.97. The number of hydrogen-bond donors (Lipinski definition) is 1. The zero-order chi connectivity index (χ0) is 13.9. The summed E-state index contributed by atoms with van der Waals surface area (Å²) < 4.78 is 9.70. The highest BCUT2D eigenvalue weighted by Gasteiger charge is 2.33. The number of aliphatic carboxylic acids is 1. The first-order chi connectivity index (χ1) is 8.43. The molecule has 0 aromatic rings. The minimum absolute atomic E-state index is 0.0932. The molecule has 1 aliphatic carbocycles. The molecule has 0 saturated carbocycles. The summed E-state index contributed by atoms with van der Waals surface area (Å²) in [5, 5.41) is 8.54. The van der Waals surface area contributed by atoms with E-state index in [2.05, 4.69) is 0 Å². The highest BCUT2D eigenvalue weighted by Crippen LogP contribution is 2.26. The van der Waals surface area contributed by atoms with Gasteiger partial charge in [-0.15, -0.1) is 0 Å². The van der Waals surface area contributed by atoms with Crippen LogP contribution in [0.3, 0.4) is 0 Å². The molecule has 0 saturated heterocycles. The van der Waals surface area contributed by atoms with Crippen molar-refractivity contribution in [2.75, 3.05) is 14.2 Å². The number of hydrogen-bond acceptors (Lipinski definition) is 5. The quantitative estimate of drug-likeness (QED) is 0.582. The molecule has 1 rings (SSSR count). The second-order valence-corrected chi connectivity index (χ2v) is 3.43. The van der Waals surface area contributed by atoms with Crippen LogP contribution < -0.4 is 0 Å². The van der Waals surface area contributed by atoms with Crippen LogP contribution in [0.5, 0.6) is 0 Å². The van der Waals surface area contributed by atoms with Crippen molar-refractivity contribution in [3.8, 4) is 0 Å². The third-order valence-electron chi connectivity index (χ3n) is 2.38. The number of methoxy groups -OCH3 is 2. The van der Waals surface area contributed by atoms with E-state index in [1.165, 1.54) is 21.1 Å². The lowest BCUT2D eigenvalue weighted by molar-refractivity contribution is -0.131. The topological polar surface area (TPSA) is 89.9 Å². The molecule has 18 heavy (non-hydrogen) atoms. The molecule has 0 unspecified atom stereocenters. The normalized spacial score (nSPS) is 16.6. The van der Waals surface area contributed by atoms with Gasteiger partial charge in [0.25, 0.3) is 5.78 Å². The number of Topliss-reactive ketones (excluding diaryl/α,β-unsaturated/α-hetero) is 2. The summed E-state index contributed by atoms with van der Waals surface area (Å²) in [6.45, 7) is 1.43. The van der Waals surface area contributed by atoms with Gasteiger partial charge < -0.3 is 14.6 Å². The van der Waals surface area contributed by atoms with E-state index < -0.39 is 17.5 Å². The van der Waals surface area contributed by atoms with Crippen molar-refractivity contribution in [3.05, 3.63) is 34.8 Å². The van der Waals surface area contributed by atoms with Gasteiger partial charge in [-0.2, -0.15) is 0 Å². The molecule has 0 aliphatic heterocycles. The monoisotopic (exact) mass is 252 g/mol. The Labute approximate surface area is 103 Å². The zero-order valence-electron chi connectivity index (χ0n) is 10.1. The number of ether oxygens (including phenoxy) is 2. The van der Waals surface area contributed by atoms with Crippen LogP contribution in [0, 0.1) is 0 Å². The molecule has 0 radical (unpaired) electrons. The summed E-state index contributed by atoms with van der Waals surface area (Å²) in [5.41, 5.74) is 0.0246. The third kappa shape index (κ3) is 2.32. The van der Waals surface area contributed by atoms with Gasteiger partial charge in [0.05, 0.1) is 19.8 Å². The Bertz CT molecular complexity index is 507. The minimum atomic E-state index is -1.22. The number of allylic oxidation sites excluding steroid dienone is 3. The molecule has 0 aromatic heterocycles. The second kappa shape index (κ2) is 5.31. The van der Waals surface area contributed by atoms with Gasteiger partial charge in [0.15, 0.2) is 17.3 Å². The van der Waals surface area contributed by atoms with Crippen molar-refractivity contribution < 1.29 is 29.0 Å². The Balaban J connectivity index is 3.34. The van der Waals surface area contributed by atoms with Gasteiger partial charge in [-0.05, 0) is 13.0 Å². The maximum absolute atomic E-state index is 11.9. The van der Waals surface area contributed by atoms with E-state index >= 15 is 0 Å². The third-order valence-corrected chi connectivity index (χ3v) is 2.38. The minimum Gasteiger partial charge on any atom is -0.492 e. The predicted molar refractivity (Wildman–Crippen MR) is 60.5 cm³/mol. The molecule has 96 valence electrons. The van der Waals surface area contributed by atoms with E-state index in [0.29, 0.717) is 0 Å². The fraction of sp³-hybridized carbons (Fsp3) is 0.250. The second-order valence-electron chi connectivity index (χ2n) is 3.43. The molecule has 0 bridgehead atoms. The molecule has 1 aliphatic rings. The number of carbonyl (C=O) groups excluding carboxylic acids is 2. The van der Waals surface area contributed by atoms with Crippen LogP contribution >= 0.6 is 0 Å². The Morgan fingerprint density at radius 3 is 2.11 bits per heavy atom. The molecular weight excluding hydrogens is 240 g/mol. The molecule has 6 heteroatoms. The predicted octanol–water partition coefficient (Wildman–Crippen LogP) is 0.600. The van der Waals surface area contributed by atoms with Crippen molar-refractivity contribution >= 4 is 17.5 Å². The number of rotatable bonds is 4. The standard InChI is InChI=1S/C12H12O6/c1-6-9(15)7(4-5-8(13)14)12(18-3)10(16)11(6)17-2/h4-5H,1-3H3,(H,13,14)/b5-4+. The molecule has 0 heterocycles. The smallest absolute Gasteiger partial charge is 0.328 e. The van der Waals surface area contributed by atoms with Crippen LogP contribution in [0.4, 0.5) is 0 Å². The number of ketones is 2. The first kappa shape index (κ1) is 13.7. The fourth-order valence-electron chi connectivity index (χ4n) is 1.56. The Morgan fingerprint density at radius 1 is 1.11 bits per heavy atom. The molecular formula is C12H12O6.